The number of hydrogen-bond acceptors (Lipinski definition) is 2. The van der Waals surface area contributed by atoms with Crippen molar-refractivity contribution in [2.45, 2.75) is 44.7 Å². The molecule has 2 aromatic carbocycles. The van der Waals surface area contributed by atoms with Gasteiger partial charge in [-0.2, -0.15) is 0 Å². The summed E-state index contributed by atoms with van der Waals surface area (Å²) in [5, 5.41) is 3.73. The van der Waals surface area contributed by atoms with E-state index >= 15 is 0 Å². The van der Waals surface area contributed by atoms with Gasteiger partial charge in [-0.1, -0.05) is 54.6 Å². The molecule has 1 unspecified atom stereocenters. The summed E-state index contributed by atoms with van der Waals surface area (Å²) in [5.74, 6) is 0. The Morgan fingerprint density at radius 2 is 1.75 bits per heavy atom. The number of benzene rings is 2. The van der Waals surface area contributed by atoms with Gasteiger partial charge in [-0.3, -0.25) is 4.90 Å². The van der Waals surface area contributed by atoms with Gasteiger partial charge in [0.2, 0.25) is 0 Å². The third kappa shape index (κ3) is 3.88. The molecule has 1 aliphatic rings. The van der Waals surface area contributed by atoms with Crippen molar-refractivity contribution in [1.82, 2.24) is 10.2 Å². The van der Waals surface area contributed by atoms with Crippen LogP contribution in [0.3, 0.4) is 0 Å². The van der Waals surface area contributed by atoms with E-state index in [1.165, 1.54) is 36.0 Å². The number of rotatable bonds is 6. The van der Waals surface area contributed by atoms with Crippen LogP contribution in [0.25, 0.3) is 0 Å². The molecule has 2 nitrogen and oxygen atoms in total. The first kappa shape index (κ1) is 17.2. The molecule has 1 atom stereocenters. The minimum Gasteiger partial charge on any atom is -0.307 e. The maximum absolute atomic E-state index is 3.73. The summed E-state index contributed by atoms with van der Waals surface area (Å²) in [4.78, 5) is 2.52. The van der Waals surface area contributed by atoms with Gasteiger partial charge in [0.25, 0.3) is 0 Å². The predicted octanol–water partition coefficient (Wildman–Crippen LogP) is 4.52. The molecule has 2 aromatic rings. The first-order valence-corrected chi connectivity index (χ1v) is 9.16. The molecule has 0 radical (unpaired) electrons. The normalized spacial score (nSPS) is 17.8. The van der Waals surface area contributed by atoms with Crippen LogP contribution in [0.4, 0.5) is 0 Å². The molecule has 2 heteroatoms. The van der Waals surface area contributed by atoms with Gasteiger partial charge in [0.15, 0.2) is 0 Å². The fraction of sp³-hybridized carbons (Fsp3) is 0.455. The van der Waals surface area contributed by atoms with Crippen molar-refractivity contribution in [2.75, 3.05) is 20.1 Å². The lowest BCUT2D eigenvalue weighted by atomic mass is 9.87. The fourth-order valence-corrected chi connectivity index (χ4v) is 3.84. The topological polar surface area (TPSA) is 15.3 Å². The van der Waals surface area contributed by atoms with Crippen LogP contribution < -0.4 is 5.32 Å². The standard InChI is InChI=1S/C22H30N2/c1-22(2,19-12-5-4-6-13-19)23-16-17-24(3)21-15-9-11-18-10-7-8-14-20(18)21/h4-8,10,12-14,21,23H,9,11,15-17H2,1-3H3. The minimum absolute atomic E-state index is 0.00652. The summed E-state index contributed by atoms with van der Waals surface area (Å²) < 4.78 is 0. The van der Waals surface area contributed by atoms with Gasteiger partial charge in [0.1, 0.15) is 0 Å². The van der Waals surface area contributed by atoms with E-state index in [-0.39, 0.29) is 5.54 Å². The highest BCUT2D eigenvalue weighted by atomic mass is 15.1. The Balaban J connectivity index is 1.58. The molecule has 1 N–H and O–H groups in total. The fourth-order valence-electron chi connectivity index (χ4n) is 3.84. The molecule has 0 fully saturated rings. The van der Waals surface area contributed by atoms with Gasteiger partial charge in [-0.05, 0) is 56.8 Å². The summed E-state index contributed by atoms with van der Waals surface area (Å²) in [6, 6.07) is 20.2. The lowest BCUT2D eigenvalue weighted by Gasteiger charge is -2.34. The molecule has 3 rings (SSSR count). The largest absolute Gasteiger partial charge is 0.307 e. The van der Waals surface area contributed by atoms with E-state index in [9.17, 15) is 0 Å². The first-order valence-electron chi connectivity index (χ1n) is 9.16. The van der Waals surface area contributed by atoms with Gasteiger partial charge in [0.05, 0.1) is 0 Å². The monoisotopic (exact) mass is 322 g/mol. The van der Waals surface area contributed by atoms with E-state index in [1.807, 2.05) is 0 Å². The highest BCUT2D eigenvalue weighted by molar-refractivity contribution is 5.32. The number of fused-ring (bicyclic) bond motifs is 1. The van der Waals surface area contributed by atoms with Crippen LogP contribution in [0.15, 0.2) is 54.6 Å². The van der Waals surface area contributed by atoms with Crippen LogP contribution in [-0.2, 0) is 12.0 Å². The molecular weight excluding hydrogens is 292 g/mol. The van der Waals surface area contributed by atoms with Crippen molar-refractivity contribution in [1.29, 1.82) is 0 Å². The number of likely N-dealkylation sites (N-methyl/N-ethyl adjacent to an activating group) is 1. The Morgan fingerprint density at radius 1 is 1.04 bits per heavy atom. The van der Waals surface area contributed by atoms with Crippen molar-refractivity contribution in [2.24, 2.45) is 0 Å². The zero-order chi connectivity index (χ0) is 17.0. The lowest BCUT2D eigenvalue weighted by molar-refractivity contribution is 0.213. The van der Waals surface area contributed by atoms with E-state index in [0.717, 1.165) is 13.1 Å². The van der Waals surface area contributed by atoms with Crippen molar-refractivity contribution in [3.8, 4) is 0 Å². The van der Waals surface area contributed by atoms with Gasteiger partial charge >= 0.3 is 0 Å². The zero-order valence-electron chi connectivity index (χ0n) is 15.3. The van der Waals surface area contributed by atoms with Gasteiger partial charge in [-0.15, -0.1) is 0 Å². The molecule has 0 spiro atoms. The number of hydrogen-bond donors (Lipinski definition) is 1. The van der Waals surface area contributed by atoms with E-state index in [2.05, 4.69) is 85.7 Å². The van der Waals surface area contributed by atoms with Crippen molar-refractivity contribution in [3.05, 3.63) is 71.3 Å². The minimum atomic E-state index is 0.00652. The molecule has 0 amide bonds. The number of nitrogens with one attached hydrogen (secondary N) is 1. The Kier molecular flexibility index (Phi) is 5.37. The second-order valence-corrected chi connectivity index (χ2v) is 7.51. The molecule has 0 saturated heterocycles. The lowest BCUT2D eigenvalue weighted by Crippen LogP contribution is -2.41. The Morgan fingerprint density at radius 3 is 2.54 bits per heavy atom. The predicted molar refractivity (Wildman–Crippen MR) is 102 cm³/mol. The smallest absolute Gasteiger partial charge is 0.0377 e. The van der Waals surface area contributed by atoms with Crippen molar-refractivity contribution < 1.29 is 0 Å². The van der Waals surface area contributed by atoms with Crippen LogP contribution in [0.1, 0.15) is 49.4 Å². The van der Waals surface area contributed by atoms with E-state index in [0.29, 0.717) is 6.04 Å². The molecule has 24 heavy (non-hydrogen) atoms. The van der Waals surface area contributed by atoms with Crippen molar-refractivity contribution >= 4 is 0 Å². The van der Waals surface area contributed by atoms with E-state index in [1.54, 1.807) is 0 Å². The molecule has 0 saturated carbocycles. The second kappa shape index (κ2) is 7.50. The summed E-state index contributed by atoms with van der Waals surface area (Å²) >= 11 is 0. The maximum atomic E-state index is 3.73. The van der Waals surface area contributed by atoms with Crippen LogP contribution in [0.2, 0.25) is 0 Å². The summed E-state index contributed by atoms with van der Waals surface area (Å²) in [7, 11) is 2.27. The van der Waals surface area contributed by atoms with Crippen molar-refractivity contribution in [3.63, 3.8) is 0 Å². The van der Waals surface area contributed by atoms with E-state index in [4.69, 9.17) is 0 Å². The zero-order valence-corrected chi connectivity index (χ0v) is 15.3. The third-order valence-corrected chi connectivity index (χ3v) is 5.40. The Labute approximate surface area is 146 Å². The molecule has 0 heterocycles. The average Bonchev–Trinajstić information content (AvgIpc) is 2.61. The second-order valence-electron chi connectivity index (χ2n) is 7.51. The highest BCUT2D eigenvalue weighted by Gasteiger charge is 2.24. The van der Waals surface area contributed by atoms with Crippen LogP contribution in [0.5, 0.6) is 0 Å². The molecule has 128 valence electrons. The quantitative estimate of drug-likeness (QED) is 0.841. The maximum Gasteiger partial charge on any atom is 0.0377 e. The van der Waals surface area contributed by atoms with Gasteiger partial charge in [0, 0.05) is 24.7 Å². The van der Waals surface area contributed by atoms with E-state index < -0.39 is 0 Å². The molecular formula is C22H30N2. The average molecular weight is 322 g/mol. The summed E-state index contributed by atoms with van der Waals surface area (Å²) in [6.07, 6.45) is 3.81. The summed E-state index contributed by atoms with van der Waals surface area (Å²) in [6.45, 7) is 6.59. The van der Waals surface area contributed by atoms with Crippen LogP contribution >= 0.6 is 0 Å². The van der Waals surface area contributed by atoms with Gasteiger partial charge < -0.3 is 5.32 Å². The molecule has 0 bridgehead atoms. The summed E-state index contributed by atoms with van der Waals surface area (Å²) in [5.41, 5.74) is 4.43. The third-order valence-electron chi connectivity index (χ3n) is 5.40. The number of nitrogens with zero attached hydrogens (tertiary/aromatic N) is 1. The van der Waals surface area contributed by atoms with Crippen LogP contribution in [0, 0.1) is 0 Å². The molecule has 0 aromatic heterocycles. The first-order chi connectivity index (χ1) is 11.6. The molecule has 0 aliphatic heterocycles. The Hall–Kier alpha value is -1.64. The number of aryl methyl sites for hydroxylation is 1. The van der Waals surface area contributed by atoms with Crippen LogP contribution in [-0.4, -0.2) is 25.0 Å². The Bertz CT molecular complexity index is 648. The molecule has 1 aliphatic carbocycles. The SMILES string of the molecule is CN(CCNC(C)(C)c1ccccc1)C1CCCc2ccccc21. The van der Waals surface area contributed by atoms with Gasteiger partial charge in [-0.25, -0.2) is 0 Å². The highest BCUT2D eigenvalue weighted by Crippen LogP contribution is 2.33.